The average molecular weight is 397 g/mol. The molecule has 0 radical (unpaired) electrons. The van der Waals surface area contributed by atoms with E-state index in [1.165, 1.54) is 6.07 Å². The monoisotopic (exact) mass is 396 g/mol. The number of fused-ring (bicyclic) bond motifs is 1. The molecule has 154 valence electrons. The molecule has 1 amide bonds. The van der Waals surface area contributed by atoms with Crippen molar-refractivity contribution in [2.75, 3.05) is 25.1 Å². The first kappa shape index (κ1) is 19.7. The van der Waals surface area contributed by atoms with E-state index < -0.39 is 0 Å². The van der Waals surface area contributed by atoms with Gasteiger partial charge in [0, 0.05) is 30.4 Å². The minimum absolute atomic E-state index is 0.0333. The van der Waals surface area contributed by atoms with Crippen LogP contribution in [-0.2, 0) is 0 Å². The van der Waals surface area contributed by atoms with E-state index in [-0.39, 0.29) is 17.3 Å². The molecule has 2 aliphatic heterocycles. The molecule has 2 aromatic rings. The van der Waals surface area contributed by atoms with Gasteiger partial charge in [-0.2, -0.15) is 0 Å². The van der Waals surface area contributed by atoms with Gasteiger partial charge in [-0.05, 0) is 69.4 Å². The van der Waals surface area contributed by atoms with Crippen LogP contribution in [-0.4, -0.2) is 42.6 Å². The van der Waals surface area contributed by atoms with Crippen molar-refractivity contribution < 1.29 is 13.9 Å². The molecule has 0 aromatic heterocycles. The Kier molecular flexibility index (Phi) is 5.01. The molecule has 0 saturated carbocycles. The lowest BCUT2D eigenvalue weighted by molar-refractivity contribution is 0.0664. The second-order valence-electron chi connectivity index (χ2n) is 8.89. The average Bonchev–Trinajstić information content (AvgIpc) is 2.95. The Hall–Kier alpha value is -2.56. The molecule has 0 aliphatic carbocycles. The molecule has 2 fully saturated rings. The summed E-state index contributed by atoms with van der Waals surface area (Å²) in [5.74, 6) is 0.849. The quantitative estimate of drug-likeness (QED) is 0.756. The van der Waals surface area contributed by atoms with E-state index in [0.29, 0.717) is 29.8 Å². The maximum absolute atomic E-state index is 13.9. The number of carbonyl (C=O) groups is 1. The third-order valence-electron chi connectivity index (χ3n) is 6.46. The number of carbonyl (C=O) groups excluding carboxylic acids is 1. The first-order chi connectivity index (χ1) is 13.8. The zero-order valence-electron chi connectivity index (χ0n) is 17.6. The number of aryl methyl sites for hydroxylation is 1. The number of para-hydroxylation sites is 1. The molecule has 2 aliphatic rings. The van der Waals surface area contributed by atoms with Gasteiger partial charge in [-0.25, -0.2) is 4.39 Å². The second-order valence-corrected chi connectivity index (χ2v) is 8.89. The number of rotatable bonds is 3. The number of benzene rings is 2. The molecule has 2 atom stereocenters. The Labute approximate surface area is 172 Å². The van der Waals surface area contributed by atoms with Crippen LogP contribution in [0.15, 0.2) is 42.5 Å². The number of amides is 1. The predicted octanol–water partition coefficient (Wildman–Crippen LogP) is 4.66. The van der Waals surface area contributed by atoms with Crippen LogP contribution in [0.2, 0.25) is 0 Å². The van der Waals surface area contributed by atoms with Crippen LogP contribution in [0.5, 0.6) is 5.75 Å². The summed E-state index contributed by atoms with van der Waals surface area (Å²) in [4.78, 5) is 17.6. The van der Waals surface area contributed by atoms with Gasteiger partial charge in [-0.1, -0.05) is 18.2 Å². The number of hydrogen-bond donors (Lipinski definition) is 0. The first-order valence-corrected chi connectivity index (χ1v) is 10.3. The number of halogens is 1. The van der Waals surface area contributed by atoms with Crippen LogP contribution in [0, 0.1) is 18.7 Å². The van der Waals surface area contributed by atoms with Crippen molar-refractivity contribution in [3.63, 3.8) is 0 Å². The summed E-state index contributed by atoms with van der Waals surface area (Å²) in [5.41, 5.74) is 2.45. The third kappa shape index (κ3) is 3.47. The summed E-state index contributed by atoms with van der Waals surface area (Å²) in [5, 5.41) is 0. The van der Waals surface area contributed by atoms with E-state index in [2.05, 4.69) is 18.7 Å². The van der Waals surface area contributed by atoms with E-state index in [4.69, 9.17) is 4.74 Å². The van der Waals surface area contributed by atoms with Crippen molar-refractivity contribution in [3.05, 3.63) is 59.4 Å². The molecule has 4 rings (SSSR count). The highest BCUT2D eigenvalue weighted by atomic mass is 19.1. The van der Waals surface area contributed by atoms with Gasteiger partial charge in [0.25, 0.3) is 5.91 Å². The normalized spacial score (nSPS) is 23.1. The third-order valence-corrected chi connectivity index (χ3v) is 6.46. The van der Waals surface area contributed by atoms with Gasteiger partial charge in [0.15, 0.2) is 0 Å². The van der Waals surface area contributed by atoms with Crippen LogP contribution >= 0.6 is 0 Å². The molecule has 5 heteroatoms. The fourth-order valence-electron chi connectivity index (χ4n) is 5.36. The molecule has 0 bridgehead atoms. The molecule has 0 spiro atoms. The van der Waals surface area contributed by atoms with Crippen molar-refractivity contribution >= 4 is 11.6 Å². The van der Waals surface area contributed by atoms with Gasteiger partial charge in [-0.3, -0.25) is 4.79 Å². The smallest absolute Gasteiger partial charge is 0.257 e. The van der Waals surface area contributed by atoms with Crippen molar-refractivity contribution in [3.8, 4) is 5.75 Å². The number of piperidine rings is 1. The van der Waals surface area contributed by atoms with Crippen molar-refractivity contribution in [2.45, 2.75) is 45.2 Å². The number of methoxy groups -OCH3 is 1. The van der Waals surface area contributed by atoms with E-state index >= 15 is 0 Å². The Morgan fingerprint density at radius 3 is 2.69 bits per heavy atom. The molecular weight excluding hydrogens is 367 g/mol. The summed E-state index contributed by atoms with van der Waals surface area (Å²) >= 11 is 0. The van der Waals surface area contributed by atoms with E-state index in [0.717, 1.165) is 30.6 Å². The molecule has 29 heavy (non-hydrogen) atoms. The minimum atomic E-state index is -0.207. The number of nitrogens with zero attached hydrogens (tertiary/aromatic N) is 2. The van der Waals surface area contributed by atoms with Crippen LogP contribution in [0.1, 0.15) is 42.6 Å². The zero-order chi connectivity index (χ0) is 20.8. The maximum atomic E-state index is 13.9. The van der Waals surface area contributed by atoms with Crippen LogP contribution in [0.4, 0.5) is 10.1 Å². The van der Waals surface area contributed by atoms with Crippen molar-refractivity contribution in [1.82, 2.24) is 4.90 Å². The van der Waals surface area contributed by atoms with E-state index in [1.54, 1.807) is 19.2 Å². The molecule has 2 heterocycles. The topological polar surface area (TPSA) is 32.8 Å². The lowest BCUT2D eigenvalue weighted by Crippen LogP contribution is -2.50. The Balaban J connectivity index is 1.57. The number of ether oxygens (including phenoxy) is 1. The fraction of sp³-hybridized carbons (Fsp3) is 0.458. The predicted molar refractivity (Wildman–Crippen MR) is 113 cm³/mol. The molecule has 0 N–H and O–H groups in total. The van der Waals surface area contributed by atoms with Gasteiger partial charge in [0.05, 0.1) is 12.7 Å². The number of anilines is 1. The van der Waals surface area contributed by atoms with Gasteiger partial charge in [0.1, 0.15) is 11.6 Å². The first-order valence-electron chi connectivity index (χ1n) is 10.3. The molecule has 4 nitrogen and oxygen atoms in total. The van der Waals surface area contributed by atoms with Crippen LogP contribution in [0.25, 0.3) is 0 Å². The lowest BCUT2D eigenvalue weighted by atomic mass is 9.89. The Morgan fingerprint density at radius 1 is 1.21 bits per heavy atom. The van der Waals surface area contributed by atoms with Crippen molar-refractivity contribution in [2.24, 2.45) is 5.92 Å². The maximum Gasteiger partial charge on any atom is 0.257 e. The minimum Gasteiger partial charge on any atom is -0.496 e. The van der Waals surface area contributed by atoms with Gasteiger partial charge in [-0.15, -0.1) is 0 Å². The highest BCUT2D eigenvalue weighted by Gasteiger charge is 2.48. The van der Waals surface area contributed by atoms with Gasteiger partial charge < -0.3 is 14.5 Å². The summed E-state index contributed by atoms with van der Waals surface area (Å²) < 4.78 is 19.4. The molecule has 2 saturated heterocycles. The highest BCUT2D eigenvalue weighted by Crippen LogP contribution is 2.45. The van der Waals surface area contributed by atoms with E-state index in [1.807, 2.05) is 36.1 Å². The fourth-order valence-corrected chi connectivity index (χ4v) is 5.36. The van der Waals surface area contributed by atoms with Crippen LogP contribution < -0.4 is 9.64 Å². The molecular formula is C24H29FN2O2. The Morgan fingerprint density at radius 2 is 1.97 bits per heavy atom. The van der Waals surface area contributed by atoms with Crippen LogP contribution in [0.3, 0.4) is 0 Å². The summed E-state index contributed by atoms with van der Waals surface area (Å²) in [6, 6.07) is 12.9. The lowest BCUT2D eigenvalue weighted by Gasteiger charge is -2.42. The zero-order valence-corrected chi connectivity index (χ0v) is 17.6. The number of hydrogen-bond acceptors (Lipinski definition) is 3. The summed E-state index contributed by atoms with van der Waals surface area (Å²) in [7, 11) is 1.61. The van der Waals surface area contributed by atoms with Gasteiger partial charge >= 0.3 is 0 Å². The SMILES string of the molecule is COc1c(C)cccc1C(=O)N1CC[C@H]2[C@@H](C1)CC(C)(C)N2c1cccc(F)c1. The Bertz CT molecular complexity index is 927. The number of likely N-dealkylation sites (tertiary alicyclic amines) is 1. The highest BCUT2D eigenvalue weighted by molar-refractivity contribution is 5.97. The molecule has 0 unspecified atom stereocenters. The summed E-state index contributed by atoms with van der Waals surface area (Å²) in [6.45, 7) is 7.80. The largest absolute Gasteiger partial charge is 0.496 e. The van der Waals surface area contributed by atoms with E-state index in [9.17, 15) is 9.18 Å². The molecule has 2 aromatic carbocycles. The standard InChI is InChI=1S/C24H29FN2O2/c1-16-7-5-10-20(22(16)29-4)23(28)26-12-11-21-17(15-26)14-24(2,3)27(21)19-9-6-8-18(25)13-19/h5-10,13,17,21H,11-12,14-15H2,1-4H3/t17-,21+/m1/s1. The second kappa shape index (κ2) is 7.36. The summed E-state index contributed by atoms with van der Waals surface area (Å²) in [6.07, 6.45) is 1.85. The van der Waals surface area contributed by atoms with Gasteiger partial charge in [0.2, 0.25) is 0 Å². The van der Waals surface area contributed by atoms with Crippen molar-refractivity contribution in [1.29, 1.82) is 0 Å².